The number of fused-ring (bicyclic) bond motifs is 1. The standard InChI is InChI=1S/C20H11ClN4O6S/c21-16-4-1-13(25(29)30)9-15(16)17-5-3-14(31-17)10-22-23-20(26)19-8-11-7-12(24(27)28)2-6-18(11)32-19/h1-10H,(H,23,26). The lowest BCUT2D eigenvalue weighted by Crippen LogP contribution is -2.15. The first kappa shape index (κ1) is 21.2. The Kier molecular flexibility index (Phi) is 5.67. The van der Waals surface area contributed by atoms with Crippen LogP contribution in [-0.2, 0) is 0 Å². The minimum absolute atomic E-state index is 0.0576. The molecule has 10 nitrogen and oxygen atoms in total. The minimum Gasteiger partial charge on any atom is -0.455 e. The molecule has 0 aliphatic rings. The second-order valence-electron chi connectivity index (χ2n) is 6.41. The predicted octanol–water partition coefficient (Wildman–Crippen LogP) is 5.40. The van der Waals surface area contributed by atoms with Gasteiger partial charge in [0, 0.05) is 39.9 Å². The van der Waals surface area contributed by atoms with Gasteiger partial charge in [0.15, 0.2) is 0 Å². The summed E-state index contributed by atoms with van der Waals surface area (Å²) in [5, 5.41) is 26.6. The van der Waals surface area contributed by atoms with Crippen molar-refractivity contribution < 1.29 is 19.1 Å². The summed E-state index contributed by atoms with van der Waals surface area (Å²) >= 11 is 7.29. The zero-order valence-corrected chi connectivity index (χ0v) is 17.4. The van der Waals surface area contributed by atoms with Gasteiger partial charge in [0.25, 0.3) is 17.3 Å². The molecule has 1 amide bonds. The quantitative estimate of drug-likeness (QED) is 0.227. The Morgan fingerprint density at radius 3 is 2.50 bits per heavy atom. The number of amides is 1. The zero-order chi connectivity index (χ0) is 22.8. The van der Waals surface area contributed by atoms with Gasteiger partial charge in [-0.25, -0.2) is 5.43 Å². The van der Waals surface area contributed by atoms with E-state index < -0.39 is 15.8 Å². The number of benzene rings is 2. The molecule has 0 aliphatic carbocycles. The van der Waals surface area contributed by atoms with E-state index in [1.807, 2.05) is 0 Å². The van der Waals surface area contributed by atoms with E-state index in [2.05, 4.69) is 10.5 Å². The number of thiophene rings is 1. The maximum absolute atomic E-state index is 12.3. The van der Waals surface area contributed by atoms with E-state index in [9.17, 15) is 25.0 Å². The van der Waals surface area contributed by atoms with Crippen LogP contribution in [0.5, 0.6) is 0 Å². The van der Waals surface area contributed by atoms with Crippen LogP contribution in [0.2, 0.25) is 5.02 Å². The van der Waals surface area contributed by atoms with Crippen LogP contribution in [0.15, 0.2) is 64.1 Å². The van der Waals surface area contributed by atoms with Crippen molar-refractivity contribution in [1.29, 1.82) is 0 Å². The molecule has 4 aromatic rings. The van der Waals surface area contributed by atoms with E-state index in [-0.39, 0.29) is 22.2 Å². The molecule has 0 atom stereocenters. The maximum Gasteiger partial charge on any atom is 0.281 e. The molecular formula is C20H11ClN4O6S. The summed E-state index contributed by atoms with van der Waals surface area (Å²) in [6.07, 6.45) is 1.27. The Hall–Kier alpha value is -4.09. The molecule has 32 heavy (non-hydrogen) atoms. The monoisotopic (exact) mass is 470 g/mol. The Balaban J connectivity index is 1.47. The second-order valence-corrected chi connectivity index (χ2v) is 7.90. The highest BCUT2D eigenvalue weighted by atomic mass is 35.5. The van der Waals surface area contributed by atoms with Gasteiger partial charge in [-0.15, -0.1) is 11.3 Å². The van der Waals surface area contributed by atoms with Gasteiger partial charge in [-0.2, -0.15) is 5.10 Å². The summed E-state index contributed by atoms with van der Waals surface area (Å²) < 4.78 is 6.32. The molecule has 0 saturated carbocycles. The van der Waals surface area contributed by atoms with Crippen LogP contribution in [0, 0.1) is 20.2 Å². The summed E-state index contributed by atoms with van der Waals surface area (Å²) in [6, 6.07) is 13.1. The first-order valence-electron chi connectivity index (χ1n) is 8.87. The number of nitro groups is 2. The lowest BCUT2D eigenvalue weighted by atomic mass is 10.1. The normalized spacial score (nSPS) is 11.2. The van der Waals surface area contributed by atoms with Crippen LogP contribution in [0.1, 0.15) is 15.4 Å². The number of hydrogen-bond donors (Lipinski definition) is 1. The van der Waals surface area contributed by atoms with E-state index >= 15 is 0 Å². The number of hydrazone groups is 1. The molecule has 0 unspecified atom stereocenters. The Bertz CT molecular complexity index is 1410. The van der Waals surface area contributed by atoms with Gasteiger partial charge in [-0.1, -0.05) is 11.6 Å². The molecular weight excluding hydrogens is 460 g/mol. The second kappa shape index (κ2) is 8.57. The summed E-state index contributed by atoms with van der Waals surface area (Å²) in [7, 11) is 0. The molecule has 0 bridgehead atoms. The minimum atomic E-state index is -0.535. The molecule has 0 aliphatic heterocycles. The third kappa shape index (κ3) is 4.33. The number of nitro benzene ring substituents is 2. The van der Waals surface area contributed by atoms with Gasteiger partial charge < -0.3 is 4.42 Å². The van der Waals surface area contributed by atoms with Crippen molar-refractivity contribution >= 4 is 56.5 Å². The van der Waals surface area contributed by atoms with Crippen molar-refractivity contribution in [1.82, 2.24) is 5.43 Å². The van der Waals surface area contributed by atoms with Crippen LogP contribution in [-0.4, -0.2) is 22.0 Å². The first-order chi connectivity index (χ1) is 15.3. The molecule has 160 valence electrons. The first-order valence-corrected chi connectivity index (χ1v) is 10.1. The molecule has 0 fully saturated rings. The van der Waals surface area contributed by atoms with Gasteiger partial charge in [0.05, 0.1) is 26.0 Å². The molecule has 0 spiro atoms. The topological polar surface area (TPSA) is 141 Å². The molecule has 2 aromatic heterocycles. The van der Waals surface area contributed by atoms with Gasteiger partial charge in [-0.3, -0.25) is 25.0 Å². The van der Waals surface area contributed by atoms with Crippen molar-refractivity contribution in [3.63, 3.8) is 0 Å². The van der Waals surface area contributed by atoms with E-state index in [1.165, 1.54) is 47.9 Å². The van der Waals surface area contributed by atoms with Gasteiger partial charge in [0.2, 0.25) is 0 Å². The summed E-state index contributed by atoms with van der Waals surface area (Å²) in [6.45, 7) is 0. The third-order valence-corrected chi connectivity index (χ3v) is 5.79. The predicted molar refractivity (Wildman–Crippen MR) is 119 cm³/mol. The van der Waals surface area contributed by atoms with Crippen molar-refractivity contribution in [2.75, 3.05) is 0 Å². The average molecular weight is 471 g/mol. The SMILES string of the molecule is O=C(NN=Cc1ccc(-c2cc([N+](=O)[O-])ccc2Cl)o1)c1cc2cc([N+](=O)[O-])ccc2s1. The number of halogens is 1. The van der Waals surface area contributed by atoms with Crippen molar-refractivity contribution in [2.45, 2.75) is 0 Å². The molecule has 4 rings (SSSR count). The highest BCUT2D eigenvalue weighted by Gasteiger charge is 2.15. The molecule has 2 heterocycles. The van der Waals surface area contributed by atoms with Crippen molar-refractivity contribution in [3.05, 3.63) is 90.5 Å². The van der Waals surface area contributed by atoms with Crippen LogP contribution in [0.3, 0.4) is 0 Å². The summed E-state index contributed by atoms with van der Waals surface area (Å²) in [5.74, 6) is 0.103. The molecule has 1 N–H and O–H groups in total. The Morgan fingerprint density at radius 2 is 1.75 bits per heavy atom. The number of nitrogens with one attached hydrogen (secondary N) is 1. The van der Waals surface area contributed by atoms with Gasteiger partial charge in [0.1, 0.15) is 11.5 Å². The van der Waals surface area contributed by atoms with Crippen molar-refractivity contribution in [2.24, 2.45) is 5.10 Å². The van der Waals surface area contributed by atoms with Crippen LogP contribution in [0.25, 0.3) is 21.4 Å². The summed E-state index contributed by atoms with van der Waals surface area (Å²) in [5.41, 5.74) is 2.53. The van der Waals surface area contributed by atoms with Crippen LogP contribution < -0.4 is 5.43 Å². The number of carbonyl (C=O) groups is 1. The summed E-state index contributed by atoms with van der Waals surface area (Å²) in [4.78, 5) is 33.5. The lowest BCUT2D eigenvalue weighted by molar-refractivity contribution is -0.384. The lowest BCUT2D eigenvalue weighted by Gasteiger charge is -2.00. The highest BCUT2D eigenvalue weighted by Crippen LogP contribution is 2.32. The fraction of sp³-hybridized carbons (Fsp3) is 0. The van der Waals surface area contributed by atoms with E-state index in [0.717, 1.165) is 4.70 Å². The zero-order valence-electron chi connectivity index (χ0n) is 15.9. The average Bonchev–Trinajstić information content (AvgIpc) is 3.40. The number of non-ortho nitro benzene ring substituents is 2. The fourth-order valence-corrected chi connectivity index (χ4v) is 3.99. The smallest absolute Gasteiger partial charge is 0.281 e. The van der Waals surface area contributed by atoms with Crippen molar-refractivity contribution in [3.8, 4) is 11.3 Å². The number of carbonyl (C=O) groups excluding carboxylic acids is 1. The number of rotatable bonds is 6. The van der Waals surface area contributed by atoms with Gasteiger partial charge >= 0.3 is 0 Å². The van der Waals surface area contributed by atoms with Gasteiger partial charge in [-0.05, 0) is 30.3 Å². The molecule has 0 radical (unpaired) electrons. The van der Waals surface area contributed by atoms with Crippen LogP contribution in [0.4, 0.5) is 11.4 Å². The fourth-order valence-electron chi connectivity index (χ4n) is 2.85. The number of furan rings is 1. The maximum atomic E-state index is 12.3. The third-order valence-electron chi connectivity index (χ3n) is 4.35. The highest BCUT2D eigenvalue weighted by molar-refractivity contribution is 7.20. The Morgan fingerprint density at radius 1 is 1.03 bits per heavy atom. The molecule has 2 aromatic carbocycles. The molecule has 0 saturated heterocycles. The van der Waals surface area contributed by atoms with E-state index in [1.54, 1.807) is 24.3 Å². The van der Waals surface area contributed by atoms with Crippen LogP contribution >= 0.6 is 22.9 Å². The Labute approximate surface area is 188 Å². The van der Waals surface area contributed by atoms with E-state index in [0.29, 0.717) is 21.6 Å². The largest absolute Gasteiger partial charge is 0.455 e. The number of nitrogens with zero attached hydrogens (tertiary/aromatic N) is 3. The van der Waals surface area contributed by atoms with E-state index in [4.69, 9.17) is 16.0 Å². The molecule has 12 heteroatoms. The number of hydrogen-bond acceptors (Lipinski definition) is 8.